The van der Waals surface area contributed by atoms with Crippen molar-refractivity contribution in [3.63, 3.8) is 0 Å². The maximum atomic E-state index is 12.3. The lowest BCUT2D eigenvalue weighted by Crippen LogP contribution is -2.11. The van der Waals surface area contributed by atoms with Gasteiger partial charge >= 0.3 is 5.91 Å². The van der Waals surface area contributed by atoms with Gasteiger partial charge in [-0.05, 0) is 41.3 Å². The van der Waals surface area contributed by atoms with Gasteiger partial charge in [-0.1, -0.05) is 74.8 Å². The first-order chi connectivity index (χ1) is 17.2. The highest BCUT2D eigenvalue weighted by atomic mass is 35.5. The molecule has 0 fully saturated rings. The monoisotopic (exact) mass is 505 g/mol. The van der Waals surface area contributed by atoms with Gasteiger partial charge in [-0.3, -0.25) is 4.79 Å². The van der Waals surface area contributed by atoms with Crippen molar-refractivity contribution in [2.75, 3.05) is 13.2 Å². The molecule has 0 saturated carbocycles. The quantitative estimate of drug-likeness (QED) is 0.259. The molecule has 3 aromatic carbocycles. The molecule has 8 heteroatoms. The average Bonchev–Trinajstić information content (AvgIpc) is 3.13. The Labute approximate surface area is 214 Å². The molecule has 0 aliphatic carbocycles. The molecule has 0 aliphatic heterocycles. The van der Waals surface area contributed by atoms with Crippen molar-refractivity contribution in [3.05, 3.63) is 83.4 Å². The van der Waals surface area contributed by atoms with E-state index < -0.39 is 5.91 Å². The number of rotatable bonds is 8. The summed E-state index contributed by atoms with van der Waals surface area (Å²) in [7, 11) is 0. The molecule has 1 aromatic heterocycles. The van der Waals surface area contributed by atoms with Crippen molar-refractivity contribution in [2.45, 2.75) is 32.7 Å². The Morgan fingerprint density at radius 2 is 1.67 bits per heavy atom. The number of nitrogens with zero attached hydrogens (tertiary/aromatic N) is 3. The minimum Gasteiger partial charge on any atom is -0.493 e. The van der Waals surface area contributed by atoms with E-state index in [4.69, 9.17) is 21.1 Å². The van der Waals surface area contributed by atoms with E-state index in [2.05, 4.69) is 31.0 Å². The minimum absolute atomic E-state index is 0.0322. The molecule has 36 heavy (non-hydrogen) atoms. The van der Waals surface area contributed by atoms with E-state index in [0.717, 1.165) is 5.52 Å². The number of aromatic nitrogens is 1. The van der Waals surface area contributed by atoms with Gasteiger partial charge in [0.05, 0.1) is 17.1 Å². The number of hydrogen-bond donors (Lipinski definition) is 1. The van der Waals surface area contributed by atoms with Crippen LogP contribution >= 0.6 is 11.6 Å². The van der Waals surface area contributed by atoms with Crippen LogP contribution in [0.1, 0.15) is 26.3 Å². The third-order valence-electron chi connectivity index (χ3n) is 5.67. The molecule has 0 saturated heterocycles. The van der Waals surface area contributed by atoms with Gasteiger partial charge in [0.25, 0.3) is 0 Å². The van der Waals surface area contributed by atoms with Gasteiger partial charge in [0.2, 0.25) is 5.88 Å². The highest BCUT2D eigenvalue weighted by molar-refractivity contribution is 6.32. The highest BCUT2D eigenvalue weighted by Crippen LogP contribution is 2.38. The van der Waals surface area contributed by atoms with E-state index in [9.17, 15) is 9.90 Å². The smallest absolute Gasteiger partial charge is 0.302 e. The number of carbonyl (C=O) groups excluding carboxylic acids is 1. The number of para-hydroxylation sites is 2. The Balaban J connectivity index is 1.43. The summed E-state index contributed by atoms with van der Waals surface area (Å²) in [5.74, 6) is 0.473. The number of carbonyl (C=O) groups is 1. The number of amides is 1. The predicted molar refractivity (Wildman–Crippen MR) is 141 cm³/mol. The lowest BCUT2D eigenvalue weighted by molar-refractivity contribution is -0.120. The fraction of sp³-hybridized carbons (Fsp3) is 0.250. The van der Waals surface area contributed by atoms with Gasteiger partial charge in [-0.15, -0.1) is 10.2 Å². The van der Waals surface area contributed by atoms with Crippen molar-refractivity contribution in [2.24, 2.45) is 10.2 Å². The molecule has 0 bridgehead atoms. The fourth-order valence-corrected chi connectivity index (χ4v) is 3.93. The van der Waals surface area contributed by atoms with Crippen molar-refractivity contribution in [3.8, 4) is 17.4 Å². The Morgan fingerprint density at radius 3 is 2.39 bits per heavy atom. The van der Waals surface area contributed by atoms with Gasteiger partial charge in [-0.2, -0.15) is 0 Å². The first-order valence-electron chi connectivity index (χ1n) is 11.6. The standard InChI is InChI=1S/C28H28ClN3O4/c1-28(2,3)19-12-14-20(15-13-19)36-18-25(33)30-31-26-21-8-4-6-10-23(21)32(27(26)34)16-17-35-24-11-7-5-9-22(24)29/h4-15,34H,16-18H2,1-3H3. The summed E-state index contributed by atoms with van der Waals surface area (Å²) in [5, 5.41) is 19.9. The summed E-state index contributed by atoms with van der Waals surface area (Å²) in [4.78, 5) is 12.3. The van der Waals surface area contributed by atoms with E-state index in [1.165, 1.54) is 5.56 Å². The van der Waals surface area contributed by atoms with Gasteiger partial charge in [0.15, 0.2) is 12.3 Å². The Hall–Kier alpha value is -3.84. The normalized spacial score (nSPS) is 11.8. The zero-order chi connectivity index (χ0) is 25.7. The molecule has 1 amide bonds. The van der Waals surface area contributed by atoms with Gasteiger partial charge in [-0.25, -0.2) is 0 Å². The van der Waals surface area contributed by atoms with Gasteiger partial charge in [0, 0.05) is 5.39 Å². The van der Waals surface area contributed by atoms with Gasteiger partial charge < -0.3 is 19.1 Å². The predicted octanol–water partition coefficient (Wildman–Crippen LogP) is 7.07. The molecule has 0 atom stereocenters. The van der Waals surface area contributed by atoms with Crippen molar-refractivity contribution < 1.29 is 19.4 Å². The minimum atomic E-state index is -0.562. The molecular weight excluding hydrogens is 478 g/mol. The largest absolute Gasteiger partial charge is 0.493 e. The van der Waals surface area contributed by atoms with Crippen LogP contribution in [-0.2, 0) is 16.8 Å². The maximum absolute atomic E-state index is 12.3. The lowest BCUT2D eigenvalue weighted by Gasteiger charge is -2.19. The second kappa shape index (κ2) is 10.8. The lowest BCUT2D eigenvalue weighted by atomic mass is 9.87. The van der Waals surface area contributed by atoms with Crippen LogP contribution in [0.2, 0.25) is 5.02 Å². The molecule has 7 nitrogen and oxygen atoms in total. The number of halogens is 1. The molecule has 0 aliphatic rings. The highest BCUT2D eigenvalue weighted by Gasteiger charge is 2.17. The van der Waals surface area contributed by atoms with Crippen LogP contribution in [0.25, 0.3) is 10.9 Å². The SMILES string of the molecule is CC(C)(C)c1ccc(OCC(=O)N=Nc2c(O)n(CCOc3ccccc3Cl)c3ccccc23)cc1. The molecule has 4 aromatic rings. The van der Waals surface area contributed by atoms with Crippen LogP contribution in [0.4, 0.5) is 5.69 Å². The second-order valence-corrected chi connectivity index (χ2v) is 9.68. The maximum Gasteiger partial charge on any atom is 0.302 e. The summed E-state index contributed by atoms with van der Waals surface area (Å²) >= 11 is 6.15. The number of ether oxygens (including phenoxy) is 2. The molecule has 0 radical (unpaired) electrons. The first-order valence-corrected chi connectivity index (χ1v) is 12.0. The fourth-order valence-electron chi connectivity index (χ4n) is 3.74. The van der Waals surface area contributed by atoms with Crippen LogP contribution < -0.4 is 9.47 Å². The Bertz CT molecular complexity index is 1390. The average molecular weight is 506 g/mol. The van der Waals surface area contributed by atoms with E-state index in [0.29, 0.717) is 28.5 Å². The first kappa shape index (κ1) is 25.3. The zero-order valence-electron chi connectivity index (χ0n) is 20.4. The third kappa shape index (κ3) is 5.86. The molecule has 0 spiro atoms. The number of azo groups is 1. The summed E-state index contributed by atoms with van der Waals surface area (Å²) in [5.41, 5.74) is 2.16. The van der Waals surface area contributed by atoms with Gasteiger partial charge in [0.1, 0.15) is 18.1 Å². The van der Waals surface area contributed by atoms with Crippen molar-refractivity contribution in [1.29, 1.82) is 0 Å². The summed E-state index contributed by atoms with van der Waals surface area (Å²) < 4.78 is 13.0. The molecular formula is C28H28ClN3O4. The second-order valence-electron chi connectivity index (χ2n) is 9.28. The number of hydrogen-bond acceptors (Lipinski definition) is 5. The van der Waals surface area contributed by atoms with E-state index >= 15 is 0 Å². The number of benzene rings is 3. The zero-order valence-corrected chi connectivity index (χ0v) is 21.2. The van der Waals surface area contributed by atoms with E-state index in [-0.39, 0.29) is 30.2 Å². The van der Waals surface area contributed by atoms with Crippen LogP contribution in [0.5, 0.6) is 17.4 Å². The summed E-state index contributed by atoms with van der Waals surface area (Å²) in [6.45, 7) is 6.74. The number of fused-ring (bicyclic) bond motifs is 1. The Kier molecular flexibility index (Phi) is 7.60. The van der Waals surface area contributed by atoms with Crippen LogP contribution in [0.15, 0.2) is 83.0 Å². The van der Waals surface area contributed by atoms with Crippen molar-refractivity contribution in [1.82, 2.24) is 4.57 Å². The van der Waals surface area contributed by atoms with Crippen molar-refractivity contribution >= 4 is 34.1 Å². The van der Waals surface area contributed by atoms with Crippen LogP contribution in [0, 0.1) is 0 Å². The van der Waals surface area contributed by atoms with E-state index in [1.54, 1.807) is 16.7 Å². The summed E-state index contributed by atoms with van der Waals surface area (Å²) in [6.07, 6.45) is 0. The molecule has 1 heterocycles. The molecule has 0 unspecified atom stereocenters. The van der Waals surface area contributed by atoms with E-state index in [1.807, 2.05) is 60.7 Å². The third-order valence-corrected chi connectivity index (χ3v) is 5.98. The molecule has 4 rings (SSSR count). The molecule has 1 N–H and O–H groups in total. The number of aromatic hydroxyl groups is 1. The summed E-state index contributed by atoms with van der Waals surface area (Å²) in [6, 6.07) is 22.2. The topological polar surface area (TPSA) is 85.4 Å². The van der Waals surface area contributed by atoms with Crippen LogP contribution in [0.3, 0.4) is 0 Å². The molecule has 186 valence electrons. The Morgan fingerprint density at radius 1 is 0.972 bits per heavy atom. The van der Waals surface area contributed by atoms with Crippen LogP contribution in [-0.4, -0.2) is 28.8 Å².